The lowest BCUT2D eigenvalue weighted by Gasteiger charge is -2.19. The van der Waals surface area contributed by atoms with Crippen molar-refractivity contribution in [2.75, 3.05) is 6.61 Å². The third kappa shape index (κ3) is 2.79. The third-order valence-electron chi connectivity index (χ3n) is 1.87. The average molecular weight is 199 g/mol. The summed E-state index contributed by atoms with van der Waals surface area (Å²) in [5.74, 6) is 0. The summed E-state index contributed by atoms with van der Waals surface area (Å²) >= 11 is 1.76. The number of hydrogen-bond donors (Lipinski definition) is 1. The van der Waals surface area contributed by atoms with Gasteiger partial charge in [0.25, 0.3) is 0 Å². The van der Waals surface area contributed by atoms with Crippen molar-refractivity contribution in [3.05, 3.63) is 21.9 Å². The van der Waals surface area contributed by atoms with Gasteiger partial charge in [-0.2, -0.15) is 0 Å². The lowest BCUT2D eigenvalue weighted by Crippen LogP contribution is -2.26. The highest BCUT2D eigenvalue weighted by Crippen LogP contribution is 2.27. The molecule has 2 atom stereocenters. The summed E-state index contributed by atoms with van der Waals surface area (Å²) in [6.07, 6.45) is 0.0590. The zero-order valence-corrected chi connectivity index (χ0v) is 9.23. The highest BCUT2D eigenvalue weighted by Gasteiger charge is 2.17. The van der Waals surface area contributed by atoms with Gasteiger partial charge < -0.3 is 10.5 Å². The molecule has 0 aliphatic heterocycles. The van der Waals surface area contributed by atoms with Crippen molar-refractivity contribution in [1.82, 2.24) is 0 Å². The zero-order chi connectivity index (χ0) is 9.84. The quantitative estimate of drug-likeness (QED) is 0.808. The van der Waals surface area contributed by atoms with Crippen LogP contribution in [0.25, 0.3) is 0 Å². The maximum Gasteiger partial charge on any atom is 0.106 e. The van der Waals surface area contributed by atoms with Crippen molar-refractivity contribution in [3.63, 3.8) is 0 Å². The molecule has 0 aliphatic rings. The summed E-state index contributed by atoms with van der Waals surface area (Å²) < 4.78 is 5.59. The second-order valence-electron chi connectivity index (χ2n) is 3.18. The van der Waals surface area contributed by atoms with Crippen molar-refractivity contribution in [2.45, 2.75) is 32.9 Å². The van der Waals surface area contributed by atoms with Gasteiger partial charge >= 0.3 is 0 Å². The molecule has 0 saturated heterocycles. The standard InChI is InChI=1S/C10H17NOS/c1-4-12-10(8(3)11)9-6-5-7(2)13-9/h5-6,8,10H,4,11H2,1-3H3. The Morgan fingerprint density at radius 2 is 2.23 bits per heavy atom. The van der Waals surface area contributed by atoms with Gasteiger partial charge in [0.15, 0.2) is 0 Å². The van der Waals surface area contributed by atoms with Gasteiger partial charge in [-0.3, -0.25) is 0 Å². The van der Waals surface area contributed by atoms with Crippen molar-refractivity contribution in [3.8, 4) is 0 Å². The van der Waals surface area contributed by atoms with E-state index in [-0.39, 0.29) is 12.1 Å². The molecule has 0 fully saturated rings. The topological polar surface area (TPSA) is 35.2 Å². The number of nitrogens with two attached hydrogens (primary N) is 1. The molecule has 0 spiro atoms. The monoisotopic (exact) mass is 199 g/mol. The van der Waals surface area contributed by atoms with Crippen LogP contribution in [-0.4, -0.2) is 12.6 Å². The molecule has 1 aromatic rings. The number of rotatable bonds is 4. The molecule has 0 aliphatic carbocycles. The highest BCUT2D eigenvalue weighted by molar-refractivity contribution is 7.12. The Balaban J connectivity index is 2.75. The van der Waals surface area contributed by atoms with Gasteiger partial charge in [0.05, 0.1) is 0 Å². The molecule has 1 heterocycles. The molecule has 2 nitrogen and oxygen atoms in total. The second kappa shape index (κ2) is 4.74. The third-order valence-corrected chi connectivity index (χ3v) is 2.93. The Kier molecular flexibility index (Phi) is 3.90. The van der Waals surface area contributed by atoms with E-state index >= 15 is 0 Å². The van der Waals surface area contributed by atoms with Gasteiger partial charge in [0, 0.05) is 22.4 Å². The summed E-state index contributed by atoms with van der Waals surface area (Å²) in [6.45, 7) is 6.78. The van der Waals surface area contributed by atoms with Crippen LogP contribution in [0.3, 0.4) is 0 Å². The number of thiophene rings is 1. The molecule has 1 rings (SSSR count). The molecule has 0 aromatic carbocycles. The summed E-state index contributed by atoms with van der Waals surface area (Å²) in [4.78, 5) is 2.54. The van der Waals surface area contributed by atoms with Crippen LogP contribution in [0.4, 0.5) is 0 Å². The van der Waals surface area contributed by atoms with Crippen LogP contribution in [0.2, 0.25) is 0 Å². The van der Waals surface area contributed by atoms with E-state index in [0.29, 0.717) is 6.61 Å². The molecule has 74 valence electrons. The zero-order valence-electron chi connectivity index (χ0n) is 8.41. The van der Waals surface area contributed by atoms with Gasteiger partial charge in [0.1, 0.15) is 6.10 Å². The van der Waals surface area contributed by atoms with Crippen molar-refractivity contribution in [2.24, 2.45) is 5.73 Å². The Bertz CT molecular complexity index is 257. The average Bonchev–Trinajstić information content (AvgIpc) is 2.46. The van der Waals surface area contributed by atoms with Gasteiger partial charge in [-0.25, -0.2) is 0 Å². The molecule has 0 saturated carbocycles. The Morgan fingerprint density at radius 3 is 2.62 bits per heavy atom. The smallest absolute Gasteiger partial charge is 0.106 e. The number of hydrogen-bond acceptors (Lipinski definition) is 3. The predicted molar refractivity (Wildman–Crippen MR) is 57.1 cm³/mol. The summed E-state index contributed by atoms with van der Waals surface area (Å²) in [7, 11) is 0. The molecule has 2 unspecified atom stereocenters. The molecule has 2 N–H and O–H groups in total. The first-order valence-corrected chi connectivity index (χ1v) is 5.40. The normalized spacial score (nSPS) is 15.7. The minimum absolute atomic E-state index is 0.0537. The van der Waals surface area contributed by atoms with Gasteiger partial charge in [-0.05, 0) is 32.9 Å². The number of aryl methyl sites for hydroxylation is 1. The van der Waals surface area contributed by atoms with Crippen LogP contribution in [-0.2, 0) is 4.74 Å². The Hall–Kier alpha value is -0.380. The van der Waals surface area contributed by atoms with Crippen molar-refractivity contribution < 1.29 is 4.74 Å². The first-order chi connectivity index (χ1) is 6.15. The maximum absolute atomic E-state index is 5.85. The van der Waals surface area contributed by atoms with Gasteiger partial charge in [0.2, 0.25) is 0 Å². The lowest BCUT2D eigenvalue weighted by atomic mass is 10.1. The molecule has 1 aromatic heterocycles. The van der Waals surface area contributed by atoms with Crippen LogP contribution < -0.4 is 5.73 Å². The molecular formula is C10H17NOS. The van der Waals surface area contributed by atoms with E-state index in [1.165, 1.54) is 9.75 Å². The van der Waals surface area contributed by atoms with E-state index in [0.717, 1.165) is 0 Å². The fourth-order valence-electron chi connectivity index (χ4n) is 1.28. The minimum atomic E-state index is 0.0537. The van der Waals surface area contributed by atoms with E-state index in [9.17, 15) is 0 Å². The van der Waals surface area contributed by atoms with Gasteiger partial charge in [-0.15, -0.1) is 11.3 Å². The molecule has 3 heteroatoms. The van der Waals surface area contributed by atoms with Crippen LogP contribution >= 0.6 is 11.3 Å². The molecule has 0 bridgehead atoms. The van der Waals surface area contributed by atoms with E-state index in [2.05, 4.69) is 19.1 Å². The molecule has 13 heavy (non-hydrogen) atoms. The Labute approximate surface area is 83.7 Å². The largest absolute Gasteiger partial charge is 0.371 e. The molecular weight excluding hydrogens is 182 g/mol. The second-order valence-corrected chi connectivity index (χ2v) is 4.50. The summed E-state index contributed by atoms with van der Waals surface area (Å²) in [6, 6.07) is 4.26. The fraction of sp³-hybridized carbons (Fsp3) is 0.600. The van der Waals surface area contributed by atoms with Crippen molar-refractivity contribution >= 4 is 11.3 Å². The van der Waals surface area contributed by atoms with Crippen LogP contribution in [0, 0.1) is 6.92 Å². The lowest BCUT2D eigenvalue weighted by molar-refractivity contribution is 0.0500. The summed E-state index contributed by atoms with van der Waals surface area (Å²) in [5.41, 5.74) is 5.85. The fourth-order valence-corrected chi connectivity index (χ4v) is 2.32. The SMILES string of the molecule is CCOC(c1ccc(C)s1)C(C)N. The van der Waals surface area contributed by atoms with E-state index in [4.69, 9.17) is 10.5 Å². The van der Waals surface area contributed by atoms with Crippen molar-refractivity contribution in [1.29, 1.82) is 0 Å². The predicted octanol–water partition coefficient (Wildman–Crippen LogP) is 2.48. The molecule has 0 radical (unpaired) electrons. The van der Waals surface area contributed by atoms with E-state index in [1.807, 2.05) is 13.8 Å². The minimum Gasteiger partial charge on any atom is -0.371 e. The first-order valence-electron chi connectivity index (χ1n) is 4.58. The number of ether oxygens (including phenoxy) is 1. The highest BCUT2D eigenvalue weighted by atomic mass is 32.1. The summed E-state index contributed by atoms with van der Waals surface area (Å²) in [5, 5.41) is 0. The Morgan fingerprint density at radius 1 is 1.54 bits per heavy atom. The van der Waals surface area contributed by atoms with Gasteiger partial charge in [-0.1, -0.05) is 0 Å². The van der Waals surface area contributed by atoms with E-state index < -0.39 is 0 Å². The van der Waals surface area contributed by atoms with Crippen LogP contribution in [0.15, 0.2) is 12.1 Å². The van der Waals surface area contributed by atoms with Crippen LogP contribution in [0.5, 0.6) is 0 Å². The first kappa shape index (κ1) is 10.7. The maximum atomic E-state index is 5.85. The van der Waals surface area contributed by atoms with Crippen LogP contribution in [0.1, 0.15) is 29.7 Å². The van der Waals surface area contributed by atoms with E-state index in [1.54, 1.807) is 11.3 Å². The molecule has 0 amide bonds.